The quantitative estimate of drug-likeness (QED) is 0.550. The minimum absolute atomic E-state index is 0.0993. The van der Waals surface area contributed by atoms with Crippen molar-refractivity contribution in [2.75, 3.05) is 7.05 Å². The fourth-order valence-electron chi connectivity index (χ4n) is 1.34. The number of hydrogen-bond acceptors (Lipinski definition) is 5. The van der Waals surface area contributed by atoms with E-state index in [-0.39, 0.29) is 11.7 Å². The van der Waals surface area contributed by atoms with Crippen LogP contribution in [0.15, 0.2) is 12.1 Å². The second kappa shape index (κ2) is 4.10. The maximum atomic E-state index is 11.5. The summed E-state index contributed by atoms with van der Waals surface area (Å²) < 4.78 is 0. The molecular formula is C9H7ClN4O3. The normalized spacial score (nSPS) is 16.0. The summed E-state index contributed by atoms with van der Waals surface area (Å²) >= 11 is 5.55. The van der Waals surface area contributed by atoms with Crippen LogP contribution in [-0.4, -0.2) is 44.9 Å². The highest BCUT2D eigenvalue weighted by Gasteiger charge is 2.42. The van der Waals surface area contributed by atoms with Gasteiger partial charge in [-0.2, -0.15) is 5.10 Å². The van der Waals surface area contributed by atoms with Crippen molar-refractivity contribution in [3.05, 3.63) is 23.0 Å². The smallest absolute Gasteiger partial charge is 0.263 e. The second-order valence-corrected chi connectivity index (χ2v) is 3.77. The van der Waals surface area contributed by atoms with E-state index in [0.29, 0.717) is 5.69 Å². The highest BCUT2D eigenvalue weighted by Crippen LogP contribution is 2.13. The summed E-state index contributed by atoms with van der Waals surface area (Å²) in [7, 11) is 1.25. The Labute approximate surface area is 101 Å². The summed E-state index contributed by atoms with van der Waals surface area (Å²) in [6.45, 7) is -0.0993. The lowest BCUT2D eigenvalue weighted by Crippen LogP contribution is -2.31. The Balaban J connectivity index is 2.19. The molecule has 1 aromatic heterocycles. The Bertz CT molecular complexity index is 501. The van der Waals surface area contributed by atoms with Crippen molar-refractivity contribution in [3.8, 4) is 0 Å². The van der Waals surface area contributed by atoms with Crippen LogP contribution >= 0.6 is 11.6 Å². The molecule has 0 spiro atoms. The van der Waals surface area contributed by atoms with Crippen LogP contribution in [0.4, 0.5) is 4.79 Å². The van der Waals surface area contributed by atoms with E-state index in [2.05, 4.69) is 10.2 Å². The lowest BCUT2D eigenvalue weighted by molar-refractivity contribution is -0.143. The van der Waals surface area contributed by atoms with Crippen LogP contribution in [0, 0.1) is 0 Å². The van der Waals surface area contributed by atoms with Gasteiger partial charge < -0.3 is 0 Å². The molecule has 0 N–H and O–H groups in total. The lowest BCUT2D eigenvalue weighted by Gasteiger charge is -2.11. The number of nitrogens with zero attached hydrogens (tertiary/aromatic N) is 4. The Hall–Kier alpha value is -2.02. The standard InChI is InChI=1S/C9H7ClN4O3/c1-13-7(15)8(16)14(9(13)17)4-5-2-3-6(10)12-11-5/h2-3H,4H2,1H3. The van der Waals surface area contributed by atoms with Crippen LogP contribution in [0.1, 0.15) is 5.69 Å². The zero-order valence-electron chi connectivity index (χ0n) is 8.75. The van der Waals surface area contributed by atoms with Gasteiger partial charge in [-0.1, -0.05) is 11.6 Å². The minimum atomic E-state index is -0.866. The minimum Gasteiger partial charge on any atom is -0.263 e. The van der Waals surface area contributed by atoms with Gasteiger partial charge in [0.15, 0.2) is 5.15 Å². The summed E-state index contributed by atoms with van der Waals surface area (Å²) in [5, 5.41) is 7.49. The summed E-state index contributed by atoms with van der Waals surface area (Å²) in [4.78, 5) is 35.8. The molecule has 0 aliphatic carbocycles. The number of aromatic nitrogens is 2. The SMILES string of the molecule is CN1C(=O)C(=O)N(Cc2ccc(Cl)nn2)C1=O. The summed E-state index contributed by atoms with van der Waals surface area (Å²) in [6.07, 6.45) is 0. The van der Waals surface area contributed by atoms with Crippen molar-refractivity contribution < 1.29 is 14.4 Å². The van der Waals surface area contributed by atoms with Crippen molar-refractivity contribution in [1.82, 2.24) is 20.0 Å². The van der Waals surface area contributed by atoms with E-state index in [9.17, 15) is 14.4 Å². The molecule has 0 bridgehead atoms. The molecule has 88 valence electrons. The number of carbonyl (C=O) groups excluding carboxylic acids is 3. The molecular weight excluding hydrogens is 248 g/mol. The summed E-state index contributed by atoms with van der Waals surface area (Å²) in [6, 6.07) is 2.34. The third-order valence-corrected chi connectivity index (χ3v) is 2.46. The average molecular weight is 255 g/mol. The first-order valence-corrected chi connectivity index (χ1v) is 5.00. The first-order chi connectivity index (χ1) is 8.00. The van der Waals surface area contributed by atoms with Crippen molar-refractivity contribution in [2.24, 2.45) is 0 Å². The Morgan fingerprint density at radius 3 is 2.35 bits per heavy atom. The molecule has 1 aromatic rings. The number of rotatable bonds is 2. The number of likely N-dealkylation sites (N-methyl/N-ethyl adjacent to an activating group) is 1. The first kappa shape index (κ1) is 11.5. The largest absolute Gasteiger partial charge is 0.334 e. The molecule has 2 rings (SSSR count). The van der Waals surface area contributed by atoms with E-state index in [1.165, 1.54) is 19.2 Å². The van der Waals surface area contributed by atoms with E-state index < -0.39 is 17.8 Å². The van der Waals surface area contributed by atoms with Gasteiger partial charge >= 0.3 is 17.8 Å². The molecule has 4 amide bonds. The molecule has 1 aliphatic heterocycles. The third-order valence-electron chi connectivity index (χ3n) is 2.26. The topological polar surface area (TPSA) is 83.5 Å². The highest BCUT2D eigenvalue weighted by molar-refractivity contribution is 6.44. The highest BCUT2D eigenvalue weighted by atomic mass is 35.5. The van der Waals surface area contributed by atoms with E-state index in [1.807, 2.05) is 0 Å². The molecule has 2 heterocycles. The van der Waals surface area contributed by atoms with Crippen LogP contribution in [0.3, 0.4) is 0 Å². The monoisotopic (exact) mass is 254 g/mol. The molecule has 1 fully saturated rings. The van der Waals surface area contributed by atoms with Crippen LogP contribution in [0.5, 0.6) is 0 Å². The average Bonchev–Trinajstić information content (AvgIpc) is 2.50. The molecule has 8 heteroatoms. The van der Waals surface area contributed by atoms with E-state index in [0.717, 1.165) is 9.80 Å². The van der Waals surface area contributed by atoms with Gasteiger partial charge in [0.2, 0.25) is 0 Å². The Kier molecular flexibility index (Phi) is 2.76. The molecule has 7 nitrogen and oxygen atoms in total. The fourth-order valence-corrected chi connectivity index (χ4v) is 1.44. The number of imide groups is 2. The molecule has 0 atom stereocenters. The van der Waals surface area contributed by atoms with Crippen LogP contribution in [0.2, 0.25) is 5.15 Å². The van der Waals surface area contributed by atoms with Crippen LogP contribution in [-0.2, 0) is 16.1 Å². The summed E-state index contributed by atoms with van der Waals surface area (Å²) in [5.74, 6) is -1.72. The van der Waals surface area contributed by atoms with Gasteiger partial charge in [0.1, 0.15) is 0 Å². The lowest BCUT2D eigenvalue weighted by atomic mass is 10.3. The van der Waals surface area contributed by atoms with E-state index >= 15 is 0 Å². The van der Waals surface area contributed by atoms with Crippen molar-refractivity contribution in [1.29, 1.82) is 0 Å². The summed E-state index contributed by atoms with van der Waals surface area (Å²) in [5.41, 5.74) is 0.374. The second-order valence-electron chi connectivity index (χ2n) is 3.39. The molecule has 1 aliphatic rings. The molecule has 17 heavy (non-hydrogen) atoms. The van der Waals surface area contributed by atoms with Gasteiger partial charge in [-0.05, 0) is 12.1 Å². The van der Waals surface area contributed by atoms with Gasteiger partial charge in [0.05, 0.1) is 12.2 Å². The fraction of sp³-hybridized carbons (Fsp3) is 0.222. The molecule has 0 radical (unpaired) electrons. The van der Waals surface area contributed by atoms with Crippen molar-refractivity contribution >= 4 is 29.4 Å². The first-order valence-electron chi connectivity index (χ1n) is 4.62. The number of hydrogen-bond donors (Lipinski definition) is 0. The van der Waals surface area contributed by atoms with Gasteiger partial charge in [-0.25, -0.2) is 9.69 Å². The molecule has 1 saturated heterocycles. The molecule has 0 saturated carbocycles. The zero-order valence-corrected chi connectivity index (χ0v) is 9.51. The molecule has 0 aromatic carbocycles. The van der Waals surface area contributed by atoms with Crippen LogP contribution < -0.4 is 0 Å². The number of carbonyl (C=O) groups is 3. The number of halogens is 1. The van der Waals surface area contributed by atoms with Gasteiger partial charge in [0, 0.05) is 7.05 Å². The third kappa shape index (κ3) is 1.96. The van der Waals surface area contributed by atoms with Gasteiger partial charge in [-0.3, -0.25) is 14.5 Å². The van der Waals surface area contributed by atoms with Gasteiger partial charge in [0.25, 0.3) is 0 Å². The Morgan fingerprint density at radius 1 is 1.18 bits per heavy atom. The predicted molar refractivity (Wildman–Crippen MR) is 55.8 cm³/mol. The van der Waals surface area contributed by atoms with Crippen molar-refractivity contribution in [3.63, 3.8) is 0 Å². The number of urea groups is 1. The number of amides is 4. The molecule has 0 unspecified atom stereocenters. The Morgan fingerprint density at radius 2 is 1.88 bits per heavy atom. The zero-order chi connectivity index (χ0) is 12.6. The maximum absolute atomic E-state index is 11.5. The van der Waals surface area contributed by atoms with Crippen molar-refractivity contribution in [2.45, 2.75) is 6.54 Å². The van der Waals surface area contributed by atoms with Gasteiger partial charge in [-0.15, -0.1) is 5.10 Å². The van der Waals surface area contributed by atoms with E-state index in [4.69, 9.17) is 11.6 Å². The van der Waals surface area contributed by atoms with E-state index in [1.54, 1.807) is 0 Å². The predicted octanol–water partition coefficient (Wildman–Crippen LogP) is 0.0506. The maximum Gasteiger partial charge on any atom is 0.334 e. The van der Waals surface area contributed by atoms with Crippen LogP contribution in [0.25, 0.3) is 0 Å².